The molecule has 4 nitrogen and oxygen atoms in total. The number of imidazole rings is 1. The normalized spacial score (nSPS) is 13.1. The molecule has 2 N–H and O–H groups in total. The first-order valence-corrected chi connectivity index (χ1v) is 6.49. The van der Waals surface area contributed by atoms with Crippen LogP contribution in [0, 0.1) is 5.92 Å². The first-order valence-electron chi connectivity index (χ1n) is 6.49. The van der Waals surface area contributed by atoms with Gasteiger partial charge in [0.05, 0.1) is 23.7 Å². The number of ether oxygens (including phenoxy) is 1. The summed E-state index contributed by atoms with van der Waals surface area (Å²) in [5, 5.41) is 3.41. The van der Waals surface area contributed by atoms with E-state index in [9.17, 15) is 0 Å². The van der Waals surface area contributed by atoms with Gasteiger partial charge in [-0.15, -0.1) is 0 Å². The third-order valence-electron chi connectivity index (χ3n) is 3.02. The summed E-state index contributed by atoms with van der Waals surface area (Å²) in [4.78, 5) is 7.80. The summed E-state index contributed by atoms with van der Waals surface area (Å²) in [5.74, 6) is 1.30. The second-order valence-corrected chi connectivity index (χ2v) is 4.76. The van der Waals surface area contributed by atoms with E-state index in [1.165, 1.54) is 0 Å². The molecule has 2 aromatic rings. The molecule has 0 aliphatic carbocycles. The van der Waals surface area contributed by atoms with Gasteiger partial charge in [0.25, 0.3) is 0 Å². The van der Waals surface area contributed by atoms with Crippen molar-refractivity contribution in [2.75, 3.05) is 18.5 Å². The van der Waals surface area contributed by atoms with E-state index < -0.39 is 0 Å². The van der Waals surface area contributed by atoms with Crippen LogP contribution in [-0.2, 0) is 4.74 Å². The molecule has 2 rings (SSSR count). The van der Waals surface area contributed by atoms with Gasteiger partial charge < -0.3 is 15.0 Å². The van der Waals surface area contributed by atoms with Crippen LogP contribution in [0.2, 0.25) is 0 Å². The highest BCUT2D eigenvalue weighted by Gasteiger charge is 2.14. The maximum Gasteiger partial charge on any atom is 0.201 e. The van der Waals surface area contributed by atoms with Gasteiger partial charge >= 0.3 is 0 Å². The number of para-hydroxylation sites is 2. The second-order valence-electron chi connectivity index (χ2n) is 4.76. The number of anilines is 1. The number of fused-ring (bicyclic) bond motifs is 1. The van der Waals surface area contributed by atoms with E-state index in [1.807, 2.05) is 31.2 Å². The zero-order valence-corrected chi connectivity index (χ0v) is 11.2. The molecular weight excluding hydrogens is 226 g/mol. The Bertz CT molecular complexity index is 459. The van der Waals surface area contributed by atoms with Crippen LogP contribution in [0.1, 0.15) is 20.8 Å². The van der Waals surface area contributed by atoms with Crippen molar-refractivity contribution >= 4 is 17.0 Å². The van der Waals surface area contributed by atoms with E-state index in [1.54, 1.807) is 0 Å². The molecule has 18 heavy (non-hydrogen) atoms. The minimum Gasteiger partial charge on any atom is -0.380 e. The zero-order chi connectivity index (χ0) is 13.0. The third kappa shape index (κ3) is 3.01. The van der Waals surface area contributed by atoms with Crippen LogP contribution < -0.4 is 5.32 Å². The maximum absolute atomic E-state index is 5.50. The fourth-order valence-corrected chi connectivity index (χ4v) is 1.84. The monoisotopic (exact) mass is 247 g/mol. The summed E-state index contributed by atoms with van der Waals surface area (Å²) in [5.41, 5.74) is 2.04. The summed E-state index contributed by atoms with van der Waals surface area (Å²) < 4.78 is 5.50. The molecule has 0 fully saturated rings. The fourth-order valence-electron chi connectivity index (χ4n) is 1.84. The highest BCUT2D eigenvalue weighted by atomic mass is 16.5. The topological polar surface area (TPSA) is 49.9 Å². The zero-order valence-electron chi connectivity index (χ0n) is 11.2. The molecule has 0 aliphatic heterocycles. The van der Waals surface area contributed by atoms with Crippen LogP contribution in [0.4, 0.5) is 5.95 Å². The largest absolute Gasteiger partial charge is 0.380 e. The molecule has 1 heterocycles. The first kappa shape index (κ1) is 12.9. The molecule has 1 atom stereocenters. The SMILES string of the molecule is CCOCC(Nc1nc2ccccc2[nH]1)C(C)C. The van der Waals surface area contributed by atoms with Crippen molar-refractivity contribution in [2.45, 2.75) is 26.8 Å². The summed E-state index contributed by atoms with van der Waals surface area (Å²) >= 11 is 0. The molecule has 4 heteroatoms. The molecule has 1 aromatic heterocycles. The lowest BCUT2D eigenvalue weighted by atomic mass is 10.1. The number of nitrogens with zero attached hydrogens (tertiary/aromatic N) is 1. The van der Waals surface area contributed by atoms with E-state index in [0.717, 1.165) is 23.6 Å². The Balaban J connectivity index is 2.10. The van der Waals surface area contributed by atoms with Gasteiger partial charge in [-0.05, 0) is 25.0 Å². The molecule has 0 aliphatic rings. The fraction of sp³-hybridized carbons (Fsp3) is 0.500. The van der Waals surface area contributed by atoms with Crippen LogP contribution in [-0.4, -0.2) is 29.2 Å². The minimum atomic E-state index is 0.269. The van der Waals surface area contributed by atoms with E-state index in [-0.39, 0.29) is 6.04 Å². The highest BCUT2D eigenvalue weighted by Crippen LogP contribution is 2.16. The number of aromatic amines is 1. The number of nitrogens with one attached hydrogen (secondary N) is 2. The predicted octanol–water partition coefficient (Wildman–Crippen LogP) is 3.04. The van der Waals surface area contributed by atoms with Crippen molar-refractivity contribution in [1.82, 2.24) is 9.97 Å². The summed E-state index contributed by atoms with van der Waals surface area (Å²) in [7, 11) is 0. The lowest BCUT2D eigenvalue weighted by molar-refractivity contribution is 0.126. The van der Waals surface area contributed by atoms with Crippen LogP contribution in [0.25, 0.3) is 11.0 Å². The number of benzene rings is 1. The Kier molecular flexibility index (Phi) is 4.20. The van der Waals surface area contributed by atoms with Crippen molar-refractivity contribution in [2.24, 2.45) is 5.92 Å². The van der Waals surface area contributed by atoms with Crippen LogP contribution in [0.5, 0.6) is 0 Å². The molecule has 0 radical (unpaired) electrons. The summed E-state index contributed by atoms with van der Waals surface area (Å²) in [6.45, 7) is 7.81. The Hall–Kier alpha value is -1.55. The van der Waals surface area contributed by atoms with Gasteiger partial charge in [-0.25, -0.2) is 4.98 Å². The molecule has 98 valence electrons. The standard InChI is InChI=1S/C14H21N3O/c1-4-18-9-13(10(2)3)17-14-15-11-7-5-6-8-12(11)16-14/h5-8,10,13H,4,9H2,1-3H3,(H2,15,16,17). The van der Waals surface area contributed by atoms with Crippen molar-refractivity contribution in [3.8, 4) is 0 Å². The molecule has 0 amide bonds. The lowest BCUT2D eigenvalue weighted by Crippen LogP contribution is -2.31. The minimum absolute atomic E-state index is 0.269. The summed E-state index contributed by atoms with van der Waals surface area (Å²) in [6.07, 6.45) is 0. The Morgan fingerprint density at radius 1 is 1.33 bits per heavy atom. The Morgan fingerprint density at radius 3 is 2.78 bits per heavy atom. The third-order valence-corrected chi connectivity index (χ3v) is 3.02. The van der Waals surface area contributed by atoms with Crippen molar-refractivity contribution in [1.29, 1.82) is 0 Å². The number of aromatic nitrogens is 2. The van der Waals surface area contributed by atoms with E-state index in [2.05, 4.69) is 29.1 Å². The van der Waals surface area contributed by atoms with E-state index in [0.29, 0.717) is 12.5 Å². The number of hydrogen-bond acceptors (Lipinski definition) is 3. The van der Waals surface area contributed by atoms with Gasteiger partial charge in [-0.1, -0.05) is 26.0 Å². The Morgan fingerprint density at radius 2 is 2.11 bits per heavy atom. The number of H-pyrrole nitrogens is 1. The molecule has 1 aromatic carbocycles. The van der Waals surface area contributed by atoms with Crippen molar-refractivity contribution in [3.05, 3.63) is 24.3 Å². The van der Waals surface area contributed by atoms with Crippen LogP contribution in [0.3, 0.4) is 0 Å². The van der Waals surface area contributed by atoms with Crippen molar-refractivity contribution in [3.63, 3.8) is 0 Å². The quantitative estimate of drug-likeness (QED) is 0.825. The van der Waals surface area contributed by atoms with Gasteiger partial charge in [0, 0.05) is 6.61 Å². The van der Waals surface area contributed by atoms with Gasteiger partial charge in [-0.2, -0.15) is 0 Å². The van der Waals surface area contributed by atoms with Gasteiger partial charge in [0.15, 0.2) is 0 Å². The van der Waals surface area contributed by atoms with Crippen molar-refractivity contribution < 1.29 is 4.74 Å². The second kappa shape index (κ2) is 5.87. The maximum atomic E-state index is 5.50. The average molecular weight is 247 g/mol. The highest BCUT2D eigenvalue weighted by molar-refractivity contribution is 5.77. The van der Waals surface area contributed by atoms with E-state index >= 15 is 0 Å². The molecule has 0 spiro atoms. The molecule has 0 saturated carbocycles. The molecule has 0 bridgehead atoms. The van der Waals surface area contributed by atoms with Gasteiger partial charge in [0.1, 0.15) is 0 Å². The van der Waals surface area contributed by atoms with Gasteiger partial charge in [0.2, 0.25) is 5.95 Å². The number of hydrogen-bond donors (Lipinski definition) is 2. The first-order chi connectivity index (χ1) is 8.70. The lowest BCUT2D eigenvalue weighted by Gasteiger charge is -2.21. The van der Waals surface area contributed by atoms with Gasteiger partial charge in [-0.3, -0.25) is 0 Å². The molecule has 1 unspecified atom stereocenters. The average Bonchev–Trinajstić information content (AvgIpc) is 2.76. The predicted molar refractivity (Wildman–Crippen MR) is 74.8 cm³/mol. The molecular formula is C14H21N3O. The van der Waals surface area contributed by atoms with Crippen LogP contribution in [0.15, 0.2) is 24.3 Å². The van der Waals surface area contributed by atoms with Crippen LogP contribution >= 0.6 is 0 Å². The number of rotatable bonds is 6. The smallest absolute Gasteiger partial charge is 0.201 e. The van der Waals surface area contributed by atoms with E-state index in [4.69, 9.17) is 4.74 Å². The molecule has 0 saturated heterocycles. The summed E-state index contributed by atoms with van der Waals surface area (Å²) in [6, 6.07) is 8.30. The Labute approximate surface area is 108 Å².